The predicted molar refractivity (Wildman–Crippen MR) is 80.2 cm³/mol. The minimum Gasteiger partial charge on any atom is -0.481 e. The summed E-state index contributed by atoms with van der Waals surface area (Å²) in [5, 5.41) is 12.5. The number of benzene rings is 1. The van der Waals surface area contributed by atoms with Crippen LogP contribution in [0.15, 0.2) is 30.3 Å². The fourth-order valence-electron chi connectivity index (χ4n) is 2.21. The van der Waals surface area contributed by atoms with Gasteiger partial charge >= 0.3 is 5.97 Å². The maximum absolute atomic E-state index is 12.3. The number of nitrogens with zero attached hydrogens (tertiary/aromatic N) is 1. The van der Waals surface area contributed by atoms with Crippen molar-refractivity contribution >= 4 is 22.8 Å². The summed E-state index contributed by atoms with van der Waals surface area (Å²) in [5.74, 6) is -1.73. The lowest BCUT2D eigenvalue weighted by atomic mass is 10.1. The smallest absolute Gasteiger partial charge is 0.308 e. The summed E-state index contributed by atoms with van der Waals surface area (Å²) in [5.41, 5.74) is 2.04. The maximum Gasteiger partial charge on any atom is 0.308 e. The van der Waals surface area contributed by atoms with Crippen molar-refractivity contribution in [3.8, 4) is 0 Å². The van der Waals surface area contributed by atoms with Crippen molar-refractivity contribution in [2.75, 3.05) is 6.54 Å². The first-order valence-corrected chi connectivity index (χ1v) is 6.90. The molecule has 2 aromatic rings. The van der Waals surface area contributed by atoms with Crippen LogP contribution in [0.25, 0.3) is 10.9 Å². The third kappa shape index (κ3) is 3.37. The number of aryl methyl sites for hydroxylation is 1. The van der Waals surface area contributed by atoms with Gasteiger partial charge in [0.05, 0.1) is 17.0 Å². The molecular formula is C16H18N2O3. The summed E-state index contributed by atoms with van der Waals surface area (Å²) in [6.45, 7) is 3.74. The SMILES string of the molecule is CCC(CNC(=O)c1cc(C)nc2ccccc12)C(=O)O. The molecule has 110 valence electrons. The van der Waals surface area contributed by atoms with Crippen LogP contribution in [0, 0.1) is 12.8 Å². The number of nitrogens with one attached hydrogen (secondary N) is 1. The monoisotopic (exact) mass is 286 g/mol. The van der Waals surface area contributed by atoms with Crippen molar-refractivity contribution in [3.63, 3.8) is 0 Å². The van der Waals surface area contributed by atoms with Crippen molar-refractivity contribution in [2.45, 2.75) is 20.3 Å². The van der Waals surface area contributed by atoms with Crippen LogP contribution in [0.5, 0.6) is 0 Å². The van der Waals surface area contributed by atoms with Gasteiger partial charge in [0, 0.05) is 17.6 Å². The Hall–Kier alpha value is -2.43. The number of aliphatic carboxylic acids is 1. The van der Waals surface area contributed by atoms with Gasteiger partial charge in [-0.2, -0.15) is 0 Å². The first-order chi connectivity index (χ1) is 10.0. The number of para-hydroxylation sites is 1. The van der Waals surface area contributed by atoms with Gasteiger partial charge in [-0.05, 0) is 25.5 Å². The molecule has 2 rings (SSSR count). The van der Waals surface area contributed by atoms with E-state index in [-0.39, 0.29) is 12.5 Å². The van der Waals surface area contributed by atoms with Crippen molar-refractivity contribution < 1.29 is 14.7 Å². The Morgan fingerprint density at radius 2 is 2.05 bits per heavy atom. The lowest BCUT2D eigenvalue weighted by molar-refractivity contribution is -0.141. The molecule has 5 nitrogen and oxygen atoms in total. The van der Waals surface area contributed by atoms with Gasteiger partial charge in [0.15, 0.2) is 0 Å². The summed E-state index contributed by atoms with van der Waals surface area (Å²) >= 11 is 0. The molecule has 0 bridgehead atoms. The number of carboxylic acid groups (broad SMARTS) is 1. The summed E-state index contributed by atoms with van der Waals surface area (Å²) in [7, 11) is 0. The van der Waals surface area contributed by atoms with Crippen molar-refractivity contribution in [3.05, 3.63) is 41.6 Å². The van der Waals surface area contributed by atoms with Crippen LogP contribution in [0.4, 0.5) is 0 Å². The normalized spacial score (nSPS) is 12.1. The number of carbonyl (C=O) groups excluding carboxylic acids is 1. The van der Waals surface area contributed by atoms with Gasteiger partial charge in [0.1, 0.15) is 0 Å². The molecule has 1 aromatic carbocycles. The Balaban J connectivity index is 2.25. The first-order valence-electron chi connectivity index (χ1n) is 6.90. The fourth-order valence-corrected chi connectivity index (χ4v) is 2.21. The van der Waals surface area contributed by atoms with E-state index in [4.69, 9.17) is 5.11 Å². The number of hydrogen-bond donors (Lipinski definition) is 2. The number of fused-ring (bicyclic) bond motifs is 1. The molecular weight excluding hydrogens is 268 g/mol. The largest absolute Gasteiger partial charge is 0.481 e. The highest BCUT2D eigenvalue weighted by Crippen LogP contribution is 2.18. The number of carboxylic acids is 1. The molecule has 0 saturated carbocycles. The number of hydrogen-bond acceptors (Lipinski definition) is 3. The molecule has 1 unspecified atom stereocenters. The molecule has 5 heteroatoms. The fraction of sp³-hybridized carbons (Fsp3) is 0.312. The zero-order valence-corrected chi connectivity index (χ0v) is 12.1. The van der Waals surface area contributed by atoms with Gasteiger partial charge in [-0.15, -0.1) is 0 Å². The lowest BCUT2D eigenvalue weighted by Crippen LogP contribution is -2.32. The van der Waals surface area contributed by atoms with E-state index >= 15 is 0 Å². The van der Waals surface area contributed by atoms with Crippen molar-refractivity contribution in [2.24, 2.45) is 5.92 Å². The number of rotatable bonds is 5. The highest BCUT2D eigenvalue weighted by Gasteiger charge is 2.17. The Bertz CT molecular complexity index is 682. The van der Waals surface area contributed by atoms with Gasteiger partial charge < -0.3 is 10.4 Å². The van der Waals surface area contributed by atoms with E-state index in [1.807, 2.05) is 31.2 Å². The molecule has 0 aliphatic rings. The second kappa shape index (κ2) is 6.35. The average molecular weight is 286 g/mol. The topological polar surface area (TPSA) is 79.3 Å². The lowest BCUT2D eigenvalue weighted by Gasteiger charge is -2.12. The zero-order chi connectivity index (χ0) is 15.4. The Kier molecular flexibility index (Phi) is 4.52. The van der Waals surface area contributed by atoms with Crippen LogP contribution < -0.4 is 5.32 Å². The summed E-state index contributed by atoms with van der Waals surface area (Å²) in [6.07, 6.45) is 0.478. The second-order valence-electron chi connectivity index (χ2n) is 4.98. The van der Waals surface area contributed by atoms with Crippen LogP contribution in [0.3, 0.4) is 0 Å². The third-order valence-electron chi connectivity index (χ3n) is 3.44. The van der Waals surface area contributed by atoms with Crippen molar-refractivity contribution in [1.29, 1.82) is 0 Å². The first kappa shape index (κ1) is 15.0. The third-order valence-corrected chi connectivity index (χ3v) is 3.44. The maximum atomic E-state index is 12.3. The average Bonchev–Trinajstić information content (AvgIpc) is 2.46. The molecule has 0 aliphatic carbocycles. The Morgan fingerprint density at radius 3 is 2.71 bits per heavy atom. The van der Waals surface area contributed by atoms with Crippen LogP contribution in [0.1, 0.15) is 29.4 Å². The molecule has 1 amide bonds. The predicted octanol–water partition coefficient (Wildman–Crippen LogP) is 2.38. The van der Waals surface area contributed by atoms with Crippen LogP contribution in [0.2, 0.25) is 0 Å². The summed E-state index contributed by atoms with van der Waals surface area (Å²) < 4.78 is 0. The number of amides is 1. The van der Waals surface area contributed by atoms with E-state index in [1.165, 1.54) is 0 Å². The van der Waals surface area contributed by atoms with Gasteiger partial charge in [0.2, 0.25) is 0 Å². The molecule has 0 radical (unpaired) electrons. The van der Waals surface area contributed by atoms with Gasteiger partial charge in [-0.25, -0.2) is 0 Å². The molecule has 1 heterocycles. The molecule has 0 fully saturated rings. The van der Waals surface area contributed by atoms with E-state index in [9.17, 15) is 9.59 Å². The number of carbonyl (C=O) groups is 2. The summed E-state index contributed by atoms with van der Waals surface area (Å²) in [6, 6.07) is 9.13. The second-order valence-corrected chi connectivity index (χ2v) is 4.98. The van der Waals surface area contributed by atoms with Gasteiger partial charge in [-0.3, -0.25) is 14.6 Å². The van der Waals surface area contributed by atoms with E-state index in [0.717, 1.165) is 16.6 Å². The molecule has 1 aromatic heterocycles. The van der Waals surface area contributed by atoms with E-state index in [1.54, 1.807) is 13.0 Å². The standard InChI is InChI=1S/C16H18N2O3/c1-3-11(16(20)21)9-17-15(19)13-8-10(2)18-14-7-5-4-6-12(13)14/h4-8,11H,3,9H2,1-2H3,(H,17,19)(H,20,21). The number of pyridine rings is 1. The van der Waals surface area contributed by atoms with E-state index in [2.05, 4.69) is 10.3 Å². The minimum atomic E-state index is -0.895. The van der Waals surface area contributed by atoms with Crippen LogP contribution >= 0.6 is 0 Å². The minimum absolute atomic E-state index is 0.125. The van der Waals surface area contributed by atoms with Crippen molar-refractivity contribution in [1.82, 2.24) is 10.3 Å². The Labute approximate surface area is 123 Å². The summed E-state index contributed by atoms with van der Waals surface area (Å²) in [4.78, 5) is 27.7. The van der Waals surface area contributed by atoms with E-state index in [0.29, 0.717) is 12.0 Å². The molecule has 0 spiro atoms. The van der Waals surface area contributed by atoms with Gasteiger partial charge in [0.25, 0.3) is 5.91 Å². The molecule has 21 heavy (non-hydrogen) atoms. The molecule has 0 aliphatic heterocycles. The van der Waals surface area contributed by atoms with Crippen LogP contribution in [-0.4, -0.2) is 28.5 Å². The highest BCUT2D eigenvalue weighted by molar-refractivity contribution is 6.06. The Morgan fingerprint density at radius 1 is 1.33 bits per heavy atom. The van der Waals surface area contributed by atoms with Crippen LogP contribution in [-0.2, 0) is 4.79 Å². The molecule has 0 saturated heterocycles. The molecule has 1 atom stereocenters. The highest BCUT2D eigenvalue weighted by atomic mass is 16.4. The van der Waals surface area contributed by atoms with Gasteiger partial charge in [-0.1, -0.05) is 25.1 Å². The van der Waals surface area contributed by atoms with E-state index < -0.39 is 11.9 Å². The molecule has 2 N–H and O–H groups in total. The zero-order valence-electron chi connectivity index (χ0n) is 12.1. The number of aromatic nitrogens is 1. The quantitative estimate of drug-likeness (QED) is 0.884.